The van der Waals surface area contributed by atoms with E-state index in [-0.39, 0.29) is 24.5 Å². The van der Waals surface area contributed by atoms with Gasteiger partial charge in [0, 0.05) is 23.7 Å². The van der Waals surface area contributed by atoms with Crippen LogP contribution in [-0.2, 0) is 19.1 Å². The van der Waals surface area contributed by atoms with Crippen molar-refractivity contribution >= 4 is 29.7 Å². The smallest absolute Gasteiger partial charge is 0.338 e. The van der Waals surface area contributed by atoms with Gasteiger partial charge in [0.05, 0.1) is 30.7 Å². The van der Waals surface area contributed by atoms with Crippen LogP contribution in [0.2, 0.25) is 0 Å². The molecule has 3 rings (SSSR count). The van der Waals surface area contributed by atoms with Crippen LogP contribution >= 0.6 is 11.8 Å². The molecular formula is C23H31N3O5S. The van der Waals surface area contributed by atoms with Gasteiger partial charge in [0.15, 0.2) is 0 Å². The van der Waals surface area contributed by atoms with E-state index < -0.39 is 12.0 Å². The molecule has 0 bridgehead atoms. The highest BCUT2D eigenvalue weighted by Crippen LogP contribution is 2.30. The van der Waals surface area contributed by atoms with Crippen molar-refractivity contribution in [1.82, 2.24) is 15.5 Å². The number of carbonyl (C=O) groups excluding carboxylic acids is 3. The average molecular weight is 462 g/mol. The van der Waals surface area contributed by atoms with Gasteiger partial charge in [0.2, 0.25) is 0 Å². The molecule has 32 heavy (non-hydrogen) atoms. The molecule has 174 valence electrons. The second kappa shape index (κ2) is 11.4. The van der Waals surface area contributed by atoms with Crippen LogP contribution in [0.3, 0.4) is 0 Å². The lowest BCUT2D eigenvalue weighted by molar-refractivity contribution is -0.150. The number of thioether (sulfide) groups is 1. The number of amides is 2. The maximum absolute atomic E-state index is 13.0. The summed E-state index contributed by atoms with van der Waals surface area (Å²) in [5.74, 6) is -0.867. The fourth-order valence-corrected chi connectivity index (χ4v) is 4.52. The number of hydrogen-bond donors (Lipinski definition) is 2. The summed E-state index contributed by atoms with van der Waals surface area (Å²) in [4.78, 5) is 40.8. The van der Waals surface area contributed by atoms with Gasteiger partial charge in [-0.15, -0.1) is 11.8 Å². The third-order valence-corrected chi connectivity index (χ3v) is 6.35. The molecule has 0 aliphatic carbocycles. The molecule has 8 nitrogen and oxygen atoms in total. The quantitative estimate of drug-likeness (QED) is 0.454. The first-order valence-electron chi connectivity index (χ1n) is 11.0. The predicted molar refractivity (Wildman–Crippen MR) is 122 cm³/mol. The lowest BCUT2D eigenvalue weighted by Crippen LogP contribution is -2.50. The van der Waals surface area contributed by atoms with E-state index in [4.69, 9.17) is 9.47 Å². The summed E-state index contributed by atoms with van der Waals surface area (Å²) in [7, 11) is 0. The number of hydrogen-bond acceptors (Lipinski definition) is 7. The molecule has 1 aromatic rings. The molecule has 0 unspecified atom stereocenters. The molecule has 0 saturated carbocycles. The number of esters is 2. The molecule has 1 saturated heterocycles. The van der Waals surface area contributed by atoms with E-state index in [9.17, 15) is 14.4 Å². The predicted octanol–water partition coefficient (Wildman–Crippen LogP) is 2.85. The number of nitrogens with one attached hydrogen (secondary N) is 2. The normalized spacial score (nSPS) is 21.5. The summed E-state index contributed by atoms with van der Waals surface area (Å²) in [6.45, 7) is 5.77. The van der Waals surface area contributed by atoms with Crippen LogP contribution in [0.15, 0.2) is 40.4 Å². The standard InChI is InChI=1S/C23H31N3O5S/c1-4-30-21(27)16-7-6-12-26(13-16)14-18-19(22(28)31-5-2)20(25-23(29)24-18)15-8-10-17(32-3)11-9-15/h8-11,16,20H,4-7,12-14H2,1-3H3,(H2,24,25,29)/t16-,20+/m1/s1. The lowest BCUT2D eigenvalue weighted by atomic mass is 9.94. The zero-order chi connectivity index (χ0) is 23.1. The Balaban J connectivity index is 1.90. The van der Waals surface area contributed by atoms with Gasteiger partial charge in [-0.1, -0.05) is 12.1 Å². The van der Waals surface area contributed by atoms with Gasteiger partial charge in [0.1, 0.15) is 0 Å². The van der Waals surface area contributed by atoms with Crippen molar-refractivity contribution in [3.05, 3.63) is 41.1 Å². The third kappa shape index (κ3) is 5.83. The maximum Gasteiger partial charge on any atom is 0.338 e. The van der Waals surface area contributed by atoms with E-state index in [0.717, 1.165) is 29.8 Å². The Morgan fingerprint density at radius 2 is 1.88 bits per heavy atom. The number of urea groups is 1. The fraction of sp³-hybridized carbons (Fsp3) is 0.522. The number of piperidine rings is 1. The van der Waals surface area contributed by atoms with Gasteiger partial charge in [0.25, 0.3) is 0 Å². The van der Waals surface area contributed by atoms with Crippen molar-refractivity contribution in [2.24, 2.45) is 5.92 Å². The Labute approximate surface area is 193 Å². The number of nitrogens with zero attached hydrogens (tertiary/aromatic N) is 1. The van der Waals surface area contributed by atoms with Gasteiger partial charge < -0.3 is 20.1 Å². The van der Waals surface area contributed by atoms with Crippen LogP contribution in [-0.4, -0.2) is 62.0 Å². The molecule has 0 radical (unpaired) electrons. The molecule has 1 fully saturated rings. The molecule has 2 N–H and O–H groups in total. The van der Waals surface area contributed by atoms with Crippen LogP contribution in [0.1, 0.15) is 38.3 Å². The second-order valence-electron chi connectivity index (χ2n) is 7.74. The monoisotopic (exact) mass is 461 g/mol. The topological polar surface area (TPSA) is 97.0 Å². The highest BCUT2D eigenvalue weighted by Gasteiger charge is 2.35. The number of likely N-dealkylation sites (tertiary alicyclic amines) is 1. The molecule has 2 atom stereocenters. The summed E-state index contributed by atoms with van der Waals surface area (Å²) in [5.41, 5.74) is 1.71. The zero-order valence-electron chi connectivity index (χ0n) is 18.8. The zero-order valence-corrected chi connectivity index (χ0v) is 19.6. The van der Waals surface area contributed by atoms with Crippen LogP contribution in [0.5, 0.6) is 0 Å². The summed E-state index contributed by atoms with van der Waals surface area (Å²) in [6.07, 6.45) is 3.61. The minimum Gasteiger partial charge on any atom is -0.466 e. The summed E-state index contributed by atoms with van der Waals surface area (Å²) >= 11 is 1.62. The Morgan fingerprint density at radius 1 is 1.16 bits per heavy atom. The van der Waals surface area contributed by atoms with Crippen LogP contribution < -0.4 is 10.6 Å². The first-order chi connectivity index (χ1) is 15.5. The molecule has 0 spiro atoms. The molecular weight excluding hydrogens is 430 g/mol. The van der Waals surface area contributed by atoms with E-state index in [1.807, 2.05) is 30.5 Å². The number of ether oxygens (including phenoxy) is 2. The summed E-state index contributed by atoms with van der Waals surface area (Å²) in [6, 6.07) is 6.77. The van der Waals surface area contributed by atoms with Gasteiger partial charge in [-0.3, -0.25) is 9.69 Å². The van der Waals surface area contributed by atoms with Crippen LogP contribution in [0.4, 0.5) is 4.79 Å². The van der Waals surface area contributed by atoms with Gasteiger partial charge >= 0.3 is 18.0 Å². The minimum atomic E-state index is -0.612. The van der Waals surface area contributed by atoms with Crippen LogP contribution in [0, 0.1) is 5.92 Å². The van der Waals surface area contributed by atoms with E-state index in [1.165, 1.54) is 0 Å². The van der Waals surface area contributed by atoms with Gasteiger partial charge in [-0.25, -0.2) is 9.59 Å². The molecule has 1 aromatic carbocycles. The highest BCUT2D eigenvalue weighted by molar-refractivity contribution is 7.98. The van der Waals surface area contributed by atoms with Gasteiger partial charge in [-0.2, -0.15) is 0 Å². The van der Waals surface area contributed by atoms with Crippen molar-refractivity contribution in [2.75, 3.05) is 39.1 Å². The molecule has 2 aliphatic heterocycles. The van der Waals surface area contributed by atoms with Gasteiger partial charge in [-0.05, 0) is 57.2 Å². The summed E-state index contributed by atoms with van der Waals surface area (Å²) in [5, 5.41) is 5.67. The van der Waals surface area contributed by atoms with E-state index in [1.54, 1.807) is 25.6 Å². The molecule has 2 heterocycles. The Bertz CT molecular complexity index is 871. The highest BCUT2D eigenvalue weighted by atomic mass is 32.2. The SMILES string of the molecule is CCOC(=O)C1=C(CN2CCC[C@@H](C(=O)OCC)C2)NC(=O)N[C@H]1c1ccc(SC)cc1. The largest absolute Gasteiger partial charge is 0.466 e. The summed E-state index contributed by atoms with van der Waals surface area (Å²) < 4.78 is 10.5. The second-order valence-corrected chi connectivity index (χ2v) is 8.62. The van der Waals surface area contributed by atoms with Crippen molar-refractivity contribution in [3.63, 3.8) is 0 Å². The first-order valence-corrected chi connectivity index (χ1v) is 12.2. The van der Waals surface area contributed by atoms with Crippen LogP contribution in [0.25, 0.3) is 0 Å². The Hall–Kier alpha value is -2.52. The Kier molecular flexibility index (Phi) is 8.58. The number of rotatable bonds is 8. The van der Waals surface area contributed by atoms with E-state index >= 15 is 0 Å². The van der Waals surface area contributed by atoms with E-state index in [2.05, 4.69) is 15.5 Å². The fourth-order valence-electron chi connectivity index (χ4n) is 4.11. The molecule has 9 heteroatoms. The minimum absolute atomic E-state index is 0.196. The van der Waals surface area contributed by atoms with Crippen molar-refractivity contribution < 1.29 is 23.9 Å². The number of carbonyl (C=O) groups is 3. The lowest BCUT2D eigenvalue weighted by Gasteiger charge is -2.35. The van der Waals surface area contributed by atoms with Crippen molar-refractivity contribution in [2.45, 2.75) is 37.6 Å². The third-order valence-electron chi connectivity index (χ3n) is 5.61. The first kappa shape index (κ1) is 24.1. The van der Waals surface area contributed by atoms with Crippen molar-refractivity contribution in [1.29, 1.82) is 0 Å². The average Bonchev–Trinajstić information content (AvgIpc) is 2.79. The van der Waals surface area contributed by atoms with Crippen molar-refractivity contribution in [3.8, 4) is 0 Å². The number of benzene rings is 1. The van der Waals surface area contributed by atoms with E-state index in [0.29, 0.717) is 31.0 Å². The Morgan fingerprint density at radius 3 is 2.53 bits per heavy atom. The molecule has 2 aliphatic rings. The maximum atomic E-state index is 13.0. The molecule has 0 aromatic heterocycles. The molecule has 2 amide bonds.